The van der Waals surface area contributed by atoms with Gasteiger partial charge >= 0.3 is 9.28 Å². The minimum Gasteiger partial charge on any atom is -0.413 e. The molecule has 2 atom stereocenters. The summed E-state index contributed by atoms with van der Waals surface area (Å²) >= 11 is 0. The van der Waals surface area contributed by atoms with Gasteiger partial charge in [0.2, 0.25) is 0 Å². The van der Waals surface area contributed by atoms with Crippen LogP contribution in [0.2, 0.25) is 5.54 Å². The topological polar surface area (TPSA) is 66.5 Å². The molecule has 0 heterocycles. The van der Waals surface area contributed by atoms with Gasteiger partial charge in [-0.05, 0) is 25.3 Å². The van der Waals surface area contributed by atoms with Crippen molar-refractivity contribution in [3.8, 4) is 0 Å². The summed E-state index contributed by atoms with van der Waals surface area (Å²) in [6, 6.07) is 0.236. The van der Waals surface area contributed by atoms with Crippen LogP contribution in [0.5, 0.6) is 0 Å². The van der Waals surface area contributed by atoms with Crippen LogP contribution in [0.4, 0.5) is 0 Å². The van der Waals surface area contributed by atoms with E-state index in [1.54, 1.807) is 0 Å². The average molecular weight is 191 g/mol. The monoisotopic (exact) mass is 191 g/mol. The summed E-state index contributed by atoms with van der Waals surface area (Å²) in [6.07, 6.45) is 3.79. The lowest BCUT2D eigenvalue weighted by Gasteiger charge is -2.14. The fourth-order valence-electron chi connectivity index (χ4n) is 1.27. The highest BCUT2D eigenvalue weighted by Crippen LogP contribution is 2.20. The fourth-order valence-corrected chi connectivity index (χ4v) is 2.22. The maximum Gasteiger partial charge on any atom is 0.319 e. The molecule has 2 unspecified atom stereocenters. The van der Waals surface area contributed by atoms with Gasteiger partial charge in [0.1, 0.15) is 0 Å². The van der Waals surface area contributed by atoms with Gasteiger partial charge in [-0.15, -0.1) is 0 Å². The summed E-state index contributed by atoms with van der Waals surface area (Å²) in [5.74, 6) is 0. The molecule has 74 valence electrons. The molecular weight excluding hydrogens is 170 g/mol. The second kappa shape index (κ2) is 6.60. The summed E-state index contributed by atoms with van der Waals surface area (Å²) in [7, 11) is -2.39. The highest BCUT2D eigenvalue weighted by molar-refractivity contribution is 6.43. The van der Waals surface area contributed by atoms with E-state index in [0.717, 1.165) is 25.7 Å². The van der Waals surface area contributed by atoms with E-state index in [0.29, 0.717) is 0 Å². The molecule has 0 aromatic carbocycles. The minimum absolute atomic E-state index is 0.156. The second-order valence-corrected chi connectivity index (χ2v) is 5.26. The molecule has 0 aromatic heterocycles. The molecule has 0 fully saturated rings. The molecule has 0 saturated carbocycles. The summed E-state index contributed by atoms with van der Waals surface area (Å²) in [4.78, 5) is 18.1. The van der Waals surface area contributed by atoms with Gasteiger partial charge in [0.25, 0.3) is 0 Å². The Morgan fingerprint density at radius 3 is 2.25 bits per heavy atom. The number of hydrogen-bond donors (Lipinski definition) is 3. The molecule has 0 bridgehead atoms. The summed E-state index contributed by atoms with van der Waals surface area (Å²) < 4.78 is 0. The van der Waals surface area contributed by atoms with Crippen molar-refractivity contribution in [1.29, 1.82) is 0 Å². The molecule has 0 spiro atoms. The quantitative estimate of drug-likeness (QED) is 0.535. The highest BCUT2D eigenvalue weighted by atomic mass is 28.3. The third-order valence-corrected chi connectivity index (χ3v) is 3.83. The molecular formula is C8H21NO2Si. The lowest BCUT2D eigenvalue weighted by atomic mass is 10.1. The van der Waals surface area contributed by atoms with E-state index in [1.807, 2.05) is 13.8 Å². The third-order valence-electron chi connectivity index (χ3n) is 2.18. The van der Waals surface area contributed by atoms with Gasteiger partial charge in [0, 0.05) is 6.04 Å². The van der Waals surface area contributed by atoms with Crippen LogP contribution in [0.3, 0.4) is 0 Å². The van der Waals surface area contributed by atoms with Gasteiger partial charge in [-0.2, -0.15) is 0 Å². The fraction of sp³-hybridized carbons (Fsp3) is 1.00. The van der Waals surface area contributed by atoms with Crippen LogP contribution in [0, 0.1) is 0 Å². The molecule has 4 heteroatoms. The molecule has 0 rings (SSSR count). The van der Waals surface area contributed by atoms with E-state index in [2.05, 4.69) is 0 Å². The van der Waals surface area contributed by atoms with E-state index in [1.165, 1.54) is 0 Å². The maximum atomic E-state index is 9.04. The van der Waals surface area contributed by atoms with Crippen molar-refractivity contribution in [2.45, 2.75) is 51.1 Å². The Morgan fingerprint density at radius 2 is 1.92 bits per heavy atom. The molecule has 0 aliphatic carbocycles. The van der Waals surface area contributed by atoms with Crippen LogP contribution in [0.1, 0.15) is 39.5 Å². The Balaban J connectivity index is 3.45. The zero-order chi connectivity index (χ0) is 9.56. The first-order chi connectivity index (χ1) is 5.57. The van der Waals surface area contributed by atoms with Gasteiger partial charge in [-0.25, -0.2) is 0 Å². The Kier molecular flexibility index (Phi) is 6.65. The predicted octanol–water partition coefficient (Wildman–Crippen LogP) is 0.489. The lowest BCUT2D eigenvalue weighted by molar-refractivity contribution is 0.371. The lowest BCUT2D eigenvalue weighted by Crippen LogP contribution is -2.21. The van der Waals surface area contributed by atoms with E-state index < -0.39 is 9.28 Å². The normalized spacial score (nSPS) is 16.5. The van der Waals surface area contributed by atoms with Crippen LogP contribution in [0.15, 0.2) is 0 Å². The van der Waals surface area contributed by atoms with Gasteiger partial charge in [0.15, 0.2) is 0 Å². The Morgan fingerprint density at radius 1 is 1.33 bits per heavy atom. The van der Waals surface area contributed by atoms with Crippen molar-refractivity contribution in [2.24, 2.45) is 5.73 Å². The molecule has 12 heavy (non-hydrogen) atoms. The molecule has 0 radical (unpaired) electrons. The molecule has 0 amide bonds. The van der Waals surface area contributed by atoms with E-state index in [-0.39, 0.29) is 11.6 Å². The van der Waals surface area contributed by atoms with Crippen LogP contribution in [-0.2, 0) is 0 Å². The largest absolute Gasteiger partial charge is 0.413 e. The average Bonchev–Trinajstić information content (AvgIpc) is 1.96. The van der Waals surface area contributed by atoms with Crippen molar-refractivity contribution >= 4 is 9.28 Å². The first-order valence-corrected chi connectivity index (χ1v) is 6.39. The van der Waals surface area contributed by atoms with Gasteiger partial charge < -0.3 is 15.3 Å². The van der Waals surface area contributed by atoms with Crippen molar-refractivity contribution in [3.05, 3.63) is 0 Å². The Bertz CT molecular complexity index is 109. The molecule has 0 saturated heterocycles. The zero-order valence-corrected chi connectivity index (χ0v) is 9.19. The van der Waals surface area contributed by atoms with E-state index in [4.69, 9.17) is 15.3 Å². The van der Waals surface area contributed by atoms with Crippen LogP contribution >= 0.6 is 0 Å². The summed E-state index contributed by atoms with van der Waals surface area (Å²) in [6.45, 7) is 3.98. The Hall–Kier alpha value is 0.0969. The zero-order valence-electron chi connectivity index (χ0n) is 8.03. The van der Waals surface area contributed by atoms with Crippen LogP contribution < -0.4 is 5.73 Å². The molecule has 3 nitrogen and oxygen atoms in total. The van der Waals surface area contributed by atoms with Gasteiger partial charge in [-0.1, -0.05) is 19.8 Å². The maximum absolute atomic E-state index is 9.04. The SMILES string of the molecule is CCC(CCCC(C)N)[SiH](O)O. The minimum atomic E-state index is -2.39. The first kappa shape index (κ1) is 12.1. The molecule has 0 aromatic rings. The smallest absolute Gasteiger partial charge is 0.319 e. The number of hydrogen-bond acceptors (Lipinski definition) is 3. The van der Waals surface area contributed by atoms with Crippen molar-refractivity contribution in [2.75, 3.05) is 0 Å². The predicted molar refractivity (Wildman–Crippen MR) is 53.1 cm³/mol. The first-order valence-electron chi connectivity index (χ1n) is 4.69. The third kappa shape index (κ3) is 5.71. The Labute approximate surface area is 76.4 Å². The van der Waals surface area contributed by atoms with Crippen LogP contribution in [-0.4, -0.2) is 24.9 Å². The summed E-state index contributed by atoms with van der Waals surface area (Å²) in [5.41, 5.74) is 5.74. The van der Waals surface area contributed by atoms with E-state index >= 15 is 0 Å². The van der Waals surface area contributed by atoms with Gasteiger partial charge in [-0.3, -0.25) is 0 Å². The van der Waals surface area contributed by atoms with Gasteiger partial charge in [0.05, 0.1) is 0 Å². The van der Waals surface area contributed by atoms with Crippen molar-refractivity contribution in [1.82, 2.24) is 0 Å². The van der Waals surface area contributed by atoms with Crippen LogP contribution in [0.25, 0.3) is 0 Å². The standard InChI is InChI=1S/C8H21NO2Si/c1-3-8(12(10)11)6-4-5-7(2)9/h7-8,10-12H,3-6,9H2,1-2H3. The number of rotatable bonds is 6. The van der Waals surface area contributed by atoms with Crippen molar-refractivity contribution < 1.29 is 9.59 Å². The number of nitrogens with two attached hydrogens (primary N) is 1. The van der Waals surface area contributed by atoms with E-state index in [9.17, 15) is 0 Å². The second-order valence-electron chi connectivity index (χ2n) is 3.49. The molecule has 0 aliphatic rings. The molecule has 4 N–H and O–H groups in total. The summed E-state index contributed by atoms with van der Waals surface area (Å²) in [5, 5.41) is 0. The van der Waals surface area contributed by atoms with Crippen molar-refractivity contribution in [3.63, 3.8) is 0 Å². The molecule has 0 aliphatic heterocycles. The highest BCUT2D eigenvalue weighted by Gasteiger charge is 2.16.